The van der Waals surface area contributed by atoms with Gasteiger partial charge in [0.2, 0.25) is 5.91 Å². The largest absolute Gasteiger partial charge is 0.462 e. The lowest BCUT2D eigenvalue weighted by molar-refractivity contribution is -0.126. The standard InChI is InChI=1S/C28H26ClN3O5/c1-4-36-28(35)18-7-13-21(14-8-18)31-26(33)23-24(17-5-11-20(12-6-17)30(2)3)32(37-25(23)27(31)34)22-15-9-19(29)10-16-22/h5-16,23-25H,4H2,1-3H3/t23-,24+,25+/m1/s1. The van der Waals surface area contributed by atoms with Gasteiger partial charge >= 0.3 is 5.97 Å². The van der Waals surface area contributed by atoms with Crippen LogP contribution < -0.4 is 14.9 Å². The molecule has 9 heteroatoms. The number of hydrogen-bond donors (Lipinski definition) is 0. The lowest BCUT2D eigenvalue weighted by atomic mass is 9.90. The average molecular weight is 520 g/mol. The molecule has 2 aliphatic rings. The summed E-state index contributed by atoms with van der Waals surface area (Å²) in [6.07, 6.45) is -0.994. The third kappa shape index (κ3) is 4.43. The van der Waals surface area contributed by atoms with Crippen molar-refractivity contribution in [1.29, 1.82) is 0 Å². The summed E-state index contributed by atoms with van der Waals surface area (Å²) >= 11 is 6.09. The quantitative estimate of drug-likeness (QED) is 0.347. The Bertz CT molecular complexity index is 1330. The van der Waals surface area contributed by atoms with Crippen molar-refractivity contribution in [3.8, 4) is 0 Å². The van der Waals surface area contributed by atoms with Crippen molar-refractivity contribution in [1.82, 2.24) is 0 Å². The lowest BCUT2D eigenvalue weighted by Crippen LogP contribution is -2.37. The van der Waals surface area contributed by atoms with Crippen molar-refractivity contribution >= 4 is 46.4 Å². The highest BCUT2D eigenvalue weighted by molar-refractivity contribution is 6.30. The summed E-state index contributed by atoms with van der Waals surface area (Å²) < 4.78 is 5.02. The van der Waals surface area contributed by atoms with Gasteiger partial charge in [-0.2, -0.15) is 0 Å². The zero-order valence-electron chi connectivity index (χ0n) is 20.6. The van der Waals surface area contributed by atoms with Gasteiger partial charge in [0.25, 0.3) is 5.91 Å². The summed E-state index contributed by atoms with van der Waals surface area (Å²) in [6, 6.07) is 20.6. The number of fused-ring (bicyclic) bond motifs is 1. The SMILES string of the molecule is CCOC(=O)c1ccc(N2C(=O)[C@H]3[C@H](ON(c4ccc(Cl)cc4)[C@H]3c3ccc(N(C)C)cc3)C2=O)cc1. The van der Waals surface area contributed by atoms with Gasteiger partial charge < -0.3 is 9.64 Å². The number of halogens is 1. The normalized spacial score (nSPS) is 20.8. The highest BCUT2D eigenvalue weighted by atomic mass is 35.5. The van der Waals surface area contributed by atoms with E-state index in [1.165, 1.54) is 0 Å². The molecule has 0 N–H and O–H groups in total. The molecule has 0 aromatic heterocycles. The molecule has 3 atom stereocenters. The van der Waals surface area contributed by atoms with Gasteiger partial charge in [-0.15, -0.1) is 0 Å². The summed E-state index contributed by atoms with van der Waals surface area (Å²) in [6.45, 7) is 1.98. The van der Waals surface area contributed by atoms with E-state index in [1.54, 1.807) is 60.5 Å². The number of benzene rings is 3. The Kier molecular flexibility index (Phi) is 6.62. The molecule has 2 amide bonds. The van der Waals surface area contributed by atoms with Crippen molar-refractivity contribution in [2.75, 3.05) is 35.6 Å². The van der Waals surface area contributed by atoms with E-state index in [0.29, 0.717) is 22.0 Å². The number of hydroxylamine groups is 1. The molecule has 37 heavy (non-hydrogen) atoms. The van der Waals surface area contributed by atoms with Crippen LogP contribution in [0.5, 0.6) is 0 Å². The molecule has 0 bridgehead atoms. The first kappa shape index (κ1) is 24.8. The minimum atomic E-state index is -0.994. The maximum Gasteiger partial charge on any atom is 0.338 e. The molecular weight excluding hydrogens is 494 g/mol. The van der Waals surface area contributed by atoms with Gasteiger partial charge in [0.1, 0.15) is 5.92 Å². The minimum absolute atomic E-state index is 0.255. The number of nitrogens with zero attached hydrogens (tertiary/aromatic N) is 3. The van der Waals surface area contributed by atoms with Gasteiger partial charge in [0.15, 0.2) is 6.10 Å². The maximum absolute atomic E-state index is 13.8. The fourth-order valence-electron chi connectivity index (χ4n) is 4.75. The molecule has 3 aromatic carbocycles. The van der Waals surface area contributed by atoms with Crippen LogP contribution in [0.2, 0.25) is 5.02 Å². The minimum Gasteiger partial charge on any atom is -0.462 e. The molecule has 2 saturated heterocycles. The Morgan fingerprint density at radius 3 is 2.14 bits per heavy atom. The number of ether oxygens (including phenoxy) is 1. The van der Waals surface area contributed by atoms with Crippen molar-refractivity contribution in [2.24, 2.45) is 5.92 Å². The van der Waals surface area contributed by atoms with Crippen molar-refractivity contribution in [3.05, 3.63) is 88.9 Å². The predicted molar refractivity (Wildman–Crippen MR) is 141 cm³/mol. The molecular formula is C28H26ClN3O5. The van der Waals surface area contributed by atoms with Crippen LogP contribution >= 0.6 is 11.6 Å². The smallest absolute Gasteiger partial charge is 0.338 e. The van der Waals surface area contributed by atoms with Crippen molar-refractivity contribution in [3.63, 3.8) is 0 Å². The number of hydrogen-bond acceptors (Lipinski definition) is 7. The molecule has 2 fully saturated rings. The second kappa shape index (κ2) is 9.88. The number of amides is 2. The third-order valence-electron chi connectivity index (χ3n) is 6.58. The number of imide groups is 1. The average Bonchev–Trinajstić information content (AvgIpc) is 3.40. The topological polar surface area (TPSA) is 79.4 Å². The molecule has 2 aliphatic heterocycles. The monoisotopic (exact) mass is 519 g/mol. The van der Waals surface area contributed by atoms with Gasteiger partial charge in [0, 0.05) is 24.8 Å². The first-order valence-electron chi connectivity index (χ1n) is 11.9. The number of esters is 1. The maximum atomic E-state index is 13.8. The van der Waals surface area contributed by atoms with E-state index in [-0.39, 0.29) is 12.5 Å². The molecule has 0 aliphatic carbocycles. The summed E-state index contributed by atoms with van der Waals surface area (Å²) in [5, 5.41) is 2.20. The van der Waals surface area contributed by atoms with Gasteiger partial charge in [-0.3, -0.25) is 14.4 Å². The molecule has 0 unspecified atom stereocenters. The van der Waals surface area contributed by atoms with Gasteiger partial charge in [-0.05, 0) is 73.2 Å². The third-order valence-corrected chi connectivity index (χ3v) is 6.84. The second-order valence-electron chi connectivity index (χ2n) is 9.06. The van der Waals surface area contributed by atoms with Crippen LogP contribution in [-0.4, -0.2) is 44.6 Å². The summed E-state index contributed by atoms with van der Waals surface area (Å²) in [5.41, 5.74) is 3.25. The van der Waals surface area contributed by atoms with E-state index in [9.17, 15) is 14.4 Å². The molecule has 3 aromatic rings. The molecule has 8 nitrogen and oxygen atoms in total. The summed E-state index contributed by atoms with van der Waals surface area (Å²) in [5.74, 6) is -2.05. The van der Waals surface area contributed by atoms with Crippen LogP contribution in [0, 0.1) is 5.92 Å². The molecule has 0 spiro atoms. The first-order valence-corrected chi connectivity index (χ1v) is 12.3. The first-order chi connectivity index (χ1) is 17.8. The van der Waals surface area contributed by atoms with Gasteiger partial charge in [-0.25, -0.2) is 14.8 Å². The molecule has 0 saturated carbocycles. The molecule has 2 heterocycles. The van der Waals surface area contributed by atoms with E-state index < -0.39 is 29.9 Å². The van der Waals surface area contributed by atoms with Crippen LogP contribution in [0.3, 0.4) is 0 Å². The van der Waals surface area contributed by atoms with Crippen molar-refractivity contribution < 1.29 is 24.0 Å². The van der Waals surface area contributed by atoms with Crippen molar-refractivity contribution in [2.45, 2.75) is 19.1 Å². The van der Waals surface area contributed by atoms with E-state index in [0.717, 1.165) is 16.2 Å². The second-order valence-corrected chi connectivity index (χ2v) is 9.50. The fourth-order valence-corrected chi connectivity index (χ4v) is 4.88. The number of carbonyl (C=O) groups is 3. The van der Waals surface area contributed by atoms with E-state index in [4.69, 9.17) is 21.2 Å². The Morgan fingerprint density at radius 2 is 1.54 bits per heavy atom. The Balaban J connectivity index is 1.50. The van der Waals surface area contributed by atoms with Crippen LogP contribution in [0.4, 0.5) is 17.1 Å². The Morgan fingerprint density at radius 1 is 0.919 bits per heavy atom. The highest BCUT2D eigenvalue weighted by Gasteiger charge is 2.60. The zero-order valence-corrected chi connectivity index (χ0v) is 21.4. The van der Waals surface area contributed by atoms with Crippen LogP contribution in [0.25, 0.3) is 0 Å². The molecule has 5 rings (SSSR count). The predicted octanol–water partition coefficient (Wildman–Crippen LogP) is 4.63. The zero-order chi connectivity index (χ0) is 26.3. The number of carbonyl (C=O) groups excluding carboxylic acids is 3. The van der Waals surface area contributed by atoms with Crippen LogP contribution in [0.15, 0.2) is 72.8 Å². The highest BCUT2D eigenvalue weighted by Crippen LogP contribution is 2.47. The summed E-state index contributed by atoms with van der Waals surface area (Å²) in [7, 11) is 3.90. The molecule has 0 radical (unpaired) electrons. The molecule has 190 valence electrons. The fraction of sp³-hybridized carbons (Fsp3) is 0.250. The van der Waals surface area contributed by atoms with Crippen LogP contribution in [-0.2, 0) is 19.2 Å². The van der Waals surface area contributed by atoms with Crippen LogP contribution in [0.1, 0.15) is 28.9 Å². The summed E-state index contributed by atoms with van der Waals surface area (Å²) in [4.78, 5) is 48.6. The van der Waals surface area contributed by atoms with E-state index in [2.05, 4.69) is 0 Å². The van der Waals surface area contributed by atoms with Gasteiger partial charge in [-0.1, -0.05) is 23.7 Å². The lowest BCUT2D eigenvalue weighted by Gasteiger charge is -2.29. The van der Waals surface area contributed by atoms with E-state index in [1.807, 2.05) is 43.3 Å². The number of anilines is 3. The Labute approximate surface area is 219 Å². The number of rotatable bonds is 6. The Hall–Kier alpha value is -3.88. The van der Waals surface area contributed by atoms with E-state index >= 15 is 0 Å². The van der Waals surface area contributed by atoms with Gasteiger partial charge in [0.05, 0.1) is 29.6 Å².